The summed E-state index contributed by atoms with van der Waals surface area (Å²) in [5.41, 5.74) is 3.30. The maximum absolute atomic E-state index is 12.5. The molecule has 0 spiro atoms. The lowest BCUT2D eigenvalue weighted by atomic mass is 9.99. The van der Waals surface area contributed by atoms with Gasteiger partial charge in [-0.1, -0.05) is 37.7 Å². The van der Waals surface area contributed by atoms with E-state index in [4.69, 9.17) is 5.11 Å². The van der Waals surface area contributed by atoms with Crippen LogP contribution in [0.5, 0.6) is 0 Å². The summed E-state index contributed by atoms with van der Waals surface area (Å²) >= 11 is 1.21. The van der Waals surface area contributed by atoms with Crippen molar-refractivity contribution in [3.8, 4) is 0 Å². The average Bonchev–Trinajstić information content (AvgIpc) is 3.01. The van der Waals surface area contributed by atoms with E-state index in [0.717, 1.165) is 16.8 Å². The van der Waals surface area contributed by atoms with E-state index in [9.17, 15) is 14.4 Å². The van der Waals surface area contributed by atoms with Gasteiger partial charge < -0.3 is 10.4 Å². The van der Waals surface area contributed by atoms with Gasteiger partial charge in [0.25, 0.3) is 0 Å². The molecule has 1 saturated heterocycles. The summed E-state index contributed by atoms with van der Waals surface area (Å²) in [4.78, 5) is 41.4. The average molecular weight is 411 g/mol. The van der Waals surface area contributed by atoms with Gasteiger partial charge in [-0.3, -0.25) is 9.69 Å². The lowest BCUT2D eigenvalue weighted by Gasteiger charge is -2.22. The maximum atomic E-state index is 12.5. The minimum absolute atomic E-state index is 0.123. The van der Waals surface area contributed by atoms with Gasteiger partial charge in [-0.05, 0) is 54.3 Å². The summed E-state index contributed by atoms with van der Waals surface area (Å²) in [6.45, 7) is 6.05. The Morgan fingerprint density at radius 2 is 1.86 bits per heavy atom. The molecule has 2 N–H and O–H groups in total. The number of hydrogen-bond acceptors (Lipinski definition) is 4. The first kappa shape index (κ1) is 20.6. The largest absolute Gasteiger partial charge is 0.478 e. The van der Waals surface area contributed by atoms with Crippen molar-refractivity contribution in [3.05, 3.63) is 59.2 Å². The van der Waals surface area contributed by atoms with Gasteiger partial charge in [0.05, 0.1) is 17.0 Å². The van der Waals surface area contributed by atoms with E-state index in [0.29, 0.717) is 10.9 Å². The molecule has 8 heteroatoms. The van der Waals surface area contributed by atoms with Crippen LogP contribution in [0.25, 0.3) is 0 Å². The minimum atomic E-state index is -1.04. The molecule has 0 saturated carbocycles. The molecular formula is C21H21N3O4S. The topological polar surface area (TPSA) is 99.1 Å². The van der Waals surface area contributed by atoms with E-state index in [1.165, 1.54) is 40.9 Å². The van der Waals surface area contributed by atoms with Crippen molar-refractivity contribution in [1.82, 2.24) is 0 Å². The van der Waals surface area contributed by atoms with Gasteiger partial charge >= 0.3 is 12.0 Å². The van der Waals surface area contributed by atoms with Crippen molar-refractivity contribution >= 4 is 46.2 Å². The van der Waals surface area contributed by atoms with Crippen molar-refractivity contribution in [1.29, 1.82) is 0 Å². The van der Waals surface area contributed by atoms with Crippen LogP contribution in [0.2, 0.25) is 0 Å². The van der Waals surface area contributed by atoms with Crippen molar-refractivity contribution in [2.75, 3.05) is 16.0 Å². The number of amidine groups is 1. The highest BCUT2D eigenvalue weighted by molar-refractivity contribution is 8.15. The van der Waals surface area contributed by atoms with Gasteiger partial charge in [0, 0.05) is 5.69 Å². The third-order valence-electron chi connectivity index (χ3n) is 4.39. The van der Waals surface area contributed by atoms with E-state index in [2.05, 4.69) is 10.3 Å². The Labute approximate surface area is 172 Å². The lowest BCUT2D eigenvalue weighted by Crippen LogP contribution is -2.31. The van der Waals surface area contributed by atoms with Crippen molar-refractivity contribution in [3.63, 3.8) is 0 Å². The molecule has 2 aromatic rings. The molecule has 0 aliphatic carbocycles. The predicted molar refractivity (Wildman–Crippen MR) is 115 cm³/mol. The number of hydrogen-bond donors (Lipinski definition) is 2. The zero-order valence-corrected chi connectivity index (χ0v) is 17.1. The van der Waals surface area contributed by atoms with Gasteiger partial charge in [-0.2, -0.15) is 4.99 Å². The third kappa shape index (κ3) is 4.65. The monoisotopic (exact) mass is 411 g/mol. The molecule has 0 radical (unpaired) electrons. The van der Waals surface area contributed by atoms with Gasteiger partial charge in [0.15, 0.2) is 5.17 Å². The first-order valence-electron chi connectivity index (χ1n) is 9.05. The summed E-state index contributed by atoms with van der Waals surface area (Å²) in [7, 11) is 0. The molecule has 1 aliphatic rings. The fourth-order valence-corrected chi connectivity index (χ4v) is 3.81. The second kappa shape index (κ2) is 8.48. The summed E-state index contributed by atoms with van der Waals surface area (Å²) in [5.74, 6) is -0.754. The quantitative estimate of drug-likeness (QED) is 0.773. The second-order valence-electron chi connectivity index (χ2n) is 6.94. The third-order valence-corrected chi connectivity index (χ3v) is 5.32. The molecule has 3 rings (SSSR count). The number of aliphatic imine (C=N–C) groups is 1. The Morgan fingerprint density at radius 3 is 2.48 bits per heavy atom. The number of urea groups is 1. The van der Waals surface area contributed by atoms with E-state index in [1.54, 1.807) is 0 Å². The van der Waals surface area contributed by atoms with E-state index in [1.807, 2.05) is 39.0 Å². The van der Waals surface area contributed by atoms with E-state index >= 15 is 0 Å². The Kier molecular flexibility index (Phi) is 6.03. The van der Waals surface area contributed by atoms with Crippen LogP contribution < -0.4 is 10.2 Å². The molecule has 1 fully saturated rings. The van der Waals surface area contributed by atoms with Crippen LogP contribution in [-0.2, 0) is 4.79 Å². The van der Waals surface area contributed by atoms with Crippen LogP contribution in [0.15, 0.2) is 47.5 Å². The first-order chi connectivity index (χ1) is 13.8. The van der Waals surface area contributed by atoms with Crippen molar-refractivity contribution in [2.45, 2.75) is 26.7 Å². The van der Waals surface area contributed by atoms with Gasteiger partial charge in [-0.15, -0.1) is 0 Å². The Balaban J connectivity index is 1.86. The Bertz CT molecular complexity index is 999. The van der Waals surface area contributed by atoms with E-state index in [-0.39, 0.29) is 23.1 Å². The van der Waals surface area contributed by atoms with Gasteiger partial charge in [-0.25, -0.2) is 9.59 Å². The molecule has 0 atom stereocenters. The first-order valence-corrected chi connectivity index (χ1v) is 10.0. The van der Waals surface area contributed by atoms with Crippen LogP contribution in [0.1, 0.15) is 41.3 Å². The molecular weight excluding hydrogens is 390 g/mol. The number of carbonyl (C=O) groups excluding carboxylic acids is 2. The van der Waals surface area contributed by atoms with Gasteiger partial charge in [0.1, 0.15) is 0 Å². The molecule has 1 heterocycles. The Morgan fingerprint density at radius 1 is 1.17 bits per heavy atom. The number of nitrogens with one attached hydrogen (secondary N) is 1. The maximum Gasteiger partial charge on any atom is 0.347 e. The van der Waals surface area contributed by atoms with Crippen molar-refractivity contribution < 1.29 is 19.5 Å². The molecule has 1 aliphatic heterocycles. The zero-order valence-electron chi connectivity index (χ0n) is 16.3. The molecule has 150 valence electrons. The lowest BCUT2D eigenvalue weighted by molar-refractivity contribution is -0.115. The molecule has 0 bridgehead atoms. The number of aryl methyl sites for hydroxylation is 1. The Hall–Kier alpha value is -3.13. The summed E-state index contributed by atoms with van der Waals surface area (Å²) < 4.78 is 0. The molecule has 0 unspecified atom stereocenters. The van der Waals surface area contributed by atoms with Crippen LogP contribution in [0, 0.1) is 6.92 Å². The minimum Gasteiger partial charge on any atom is -0.478 e. The standard InChI is InChI=1S/C21H21N3O4S/c1-12(2)16-9-4-13(3)10-17(16)24-18(25)11-29-21(24)23-20(28)22-15-7-5-14(6-8-15)19(26)27/h4-10,12H,11H2,1-3H3,(H,22,28)(H,26,27)/b23-21-. The molecule has 29 heavy (non-hydrogen) atoms. The summed E-state index contributed by atoms with van der Waals surface area (Å²) in [5, 5.41) is 11.9. The normalized spacial score (nSPS) is 15.2. The number of thioether (sulfide) groups is 1. The second-order valence-corrected chi connectivity index (χ2v) is 7.88. The number of carbonyl (C=O) groups is 3. The number of rotatable bonds is 4. The highest BCUT2D eigenvalue weighted by Gasteiger charge is 2.32. The highest BCUT2D eigenvalue weighted by Crippen LogP contribution is 2.34. The van der Waals surface area contributed by atoms with Crippen LogP contribution >= 0.6 is 11.8 Å². The van der Waals surface area contributed by atoms with Crippen LogP contribution in [-0.4, -0.2) is 33.9 Å². The predicted octanol–water partition coefficient (Wildman–Crippen LogP) is 4.48. The fourth-order valence-electron chi connectivity index (χ4n) is 2.95. The molecule has 2 aromatic carbocycles. The molecule has 7 nitrogen and oxygen atoms in total. The highest BCUT2D eigenvalue weighted by atomic mass is 32.2. The van der Waals surface area contributed by atoms with Crippen LogP contribution in [0.4, 0.5) is 16.2 Å². The zero-order chi connectivity index (χ0) is 21.1. The summed E-state index contributed by atoms with van der Waals surface area (Å²) in [6, 6.07) is 11.1. The number of aromatic carboxylic acids is 1. The smallest absolute Gasteiger partial charge is 0.347 e. The number of benzene rings is 2. The number of carboxylic acids is 1. The van der Waals surface area contributed by atoms with Crippen LogP contribution in [0.3, 0.4) is 0 Å². The molecule has 3 amide bonds. The number of amides is 3. The SMILES string of the molecule is Cc1ccc(C(C)C)c(N2C(=O)CS/C2=N\C(=O)Nc2ccc(C(=O)O)cc2)c1. The summed E-state index contributed by atoms with van der Waals surface area (Å²) in [6.07, 6.45) is 0. The van der Waals surface area contributed by atoms with Gasteiger partial charge in [0.2, 0.25) is 5.91 Å². The molecule has 0 aromatic heterocycles. The number of anilines is 2. The number of nitrogens with zero attached hydrogens (tertiary/aromatic N) is 2. The fraction of sp³-hybridized carbons (Fsp3) is 0.238. The number of carboxylic acid groups (broad SMARTS) is 1. The van der Waals surface area contributed by atoms with E-state index < -0.39 is 12.0 Å². The van der Waals surface area contributed by atoms with Crippen molar-refractivity contribution in [2.24, 2.45) is 4.99 Å².